The van der Waals surface area contributed by atoms with Crippen LogP contribution in [0.1, 0.15) is 284 Å². The van der Waals surface area contributed by atoms with E-state index in [1.54, 1.807) is 0 Å². The molecule has 0 fully saturated rings. The fourth-order valence-corrected chi connectivity index (χ4v) is 8.48. The van der Waals surface area contributed by atoms with Gasteiger partial charge in [-0.3, -0.25) is 9.59 Å². The van der Waals surface area contributed by atoms with Crippen molar-refractivity contribution in [3.05, 3.63) is 0 Å². The summed E-state index contributed by atoms with van der Waals surface area (Å²) < 4.78 is 22.5. The van der Waals surface area contributed by atoms with Gasteiger partial charge in [0.25, 0.3) is 0 Å². The second kappa shape index (κ2) is 48.7. The second-order valence-electron chi connectivity index (χ2n) is 20.6. The zero-order chi connectivity index (χ0) is 47.7. The molecule has 0 aliphatic carbocycles. The van der Waals surface area contributed by atoms with Crippen molar-refractivity contribution in [1.82, 2.24) is 0 Å². The minimum Gasteiger partial charge on any atom is -0.545 e. The number of quaternary nitrogens is 1. The second-order valence-corrected chi connectivity index (χ2v) is 20.6. The molecule has 9 heteroatoms. The number of carboxylic acids is 1. The number of carboxylic acid groups (broad SMARTS) is 1. The third-order valence-electron chi connectivity index (χ3n) is 12.9. The topological polar surface area (TPSA) is 111 Å². The number of aliphatic carboxylic acids is 1. The third kappa shape index (κ3) is 50.0. The van der Waals surface area contributed by atoms with Gasteiger partial charge in [-0.25, -0.2) is 0 Å². The lowest BCUT2D eigenvalue weighted by atomic mass is 10.0. The lowest BCUT2D eigenvalue weighted by molar-refractivity contribution is -0.870. The molecule has 0 N–H and O–H groups in total. The number of unbranched alkanes of at least 4 members (excludes halogenated alkanes) is 38. The van der Waals surface area contributed by atoms with Crippen molar-refractivity contribution in [2.45, 2.75) is 296 Å². The molecule has 9 nitrogen and oxygen atoms in total. The molecule has 0 saturated carbocycles. The van der Waals surface area contributed by atoms with Gasteiger partial charge >= 0.3 is 11.9 Å². The Morgan fingerprint density at radius 2 is 0.692 bits per heavy atom. The van der Waals surface area contributed by atoms with Gasteiger partial charge in [0.05, 0.1) is 40.3 Å². The summed E-state index contributed by atoms with van der Waals surface area (Å²) in [6.07, 6.45) is 50.8. The largest absolute Gasteiger partial charge is 0.545 e. The van der Waals surface area contributed by atoms with Crippen molar-refractivity contribution in [3.8, 4) is 0 Å². The molecule has 0 aliphatic heterocycles. The predicted molar refractivity (Wildman–Crippen MR) is 270 cm³/mol. The highest BCUT2D eigenvalue weighted by Crippen LogP contribution is 2.18. The lowest BCUT2D eigenvalue weighted by Crippen LogP contribution is -2.44. The maximum Gasteiger partial charge on any atom is 0.306 e. The van der Waals surface area contributed by atoms with Crippen molar-refractivity contribution < 1.29 is 42.9 Å². The molecule has 0 saturated heterocycles. The number of likely N-dealkylation sites (N-methyl/N-ethyl adjacent to an activating group) is 1. The Kier molecular flexibility index (Phi) is 47.5. The standard InChI is InChI=1S/C56H109NO8/c1-6-8-10-12-14-15-16-17-18-19-20-21-22-23-24-25-26-27-28-29-30-31-32-33-34-35-36-37-38-39-40-41-43-45-47-54(59)65-52(50-63-53(58)46-44-42-13-11-9-7-2)51-64-56(55(60)61)62-49-48-57(3,4)5/h52,56H,6-51H2,1-5H3. The first kappa shape index (κ1) is 63.3. The van der Waals surface area contributed by atoms with Gasteiger partial charge in [-0.2, -0.15) is 0 Å². The number of hydrogen-bond acceptors (Lipinski definition) is 8. The average Bonchev–Trinajstić information content (AvgIpc) is 3.27. The van der Waals surface area contributed by atoms with E-state index < -0.39 is 24.3 Å². The van der Waals surface area contributed by atoms with Crippen LogP contribution < -0.4 is 5.11 Å². The van der Waals surface area contributed by atoms with E-state index in [4.69, 9.17) is 18.9 Å². The Morgan fingerprint density at radius 3 is 0.985 bits per heavy atom. The van der Waals surface area contributed by atoms with Gasteiger partial charge in [0.15, 0.2) is 12.4 Å². The summed E-state index contributed by atoms with van der Waals surface area (Å²) in [7, 11) is 5.92. The van der Waals surface area contributed by atoms with Crippen LogP contribution in [0.3, 0.4) is 0 Å². The average molecular weight is 924 g/mol. The Morgan fingerprint density at radius 1 is 0.400 bits per heavy atom. The maximum atomic E-state index is 12.8. The molecular formula is C56H109NO8. The molecule has 2 unspecified atom stereocenters. The van der Waals surface area contributed by atoms with Gasteiger partial charge in [-0.1, -0.05) is 258 Å². The molecule has 0 rings (SSSR count). The van der Waals surface area contributed by atoms with Crippen LogP contribution in [0.5, 0.6) is 0 Å². The number of esters is 2. The smallest absolute Gasteiger partial charge is 0.306 e. The number of nitrogens with zero attached hydrogens (tertiary/aromatic N) is 1. The number of hydrogen-bond donors (Lipinski definition) is 0. The van der Waals surface area contributed by atoms with Gasteiger partial charge in [0, 0.05) is 12.8 Å². The summed E-state index contributed by atoms with van der Waals surface area (Å²) in [6, 6.07) is 0. The van der Waals surface area contributed by atoms with Gasteiger partial charge in [-0.15, -0.1) is 0 Å². The highest BCUT2D eigenvalue weighted by Gasteiger charge is 2.22. The molecule has 0 bridgehead atoms. The first-order valence-corrected chi connectivity index (χ1v) is 28.2. The highest BCUT2D eigenvalue weighted by atomic mass is 16.7. The Labute approximate surface area is 403 Å². The molecule has 2 atom stereocenters. The van der Waals surface area contributed by atoms with Crippen LogP contribution in [0.4, 0.5) is 0 Å². The van der Waals surface area contributed by atoms with Crippen molar-refractivity contribution in [1.29, 1.82) is 0 Å². The van der Waals surface area contributed by atoms with Crippen LogP contribution in [-0.2, 0) is 33.3 Å². The normalized spacial score (nSPS) is 12.7. The van der Waals surface area contributed by atoms with Gasteiger partial charge in [0.2, 0.25) is 0 Å². The van der Waals surface area contributed by atoms with Gasteiger partial charge in [-0.05, 0) is 12.8 Å². The molecule has 386 valence electrons. The molecule has 0 aromatic rings. The fraction of sp³-hybridized carbons (Fsp3) is 0.946. The first-order chi connectivity index (χ1) is 31.6. The van der Waals surface area contributed by atoms with Gasteiger partial charge < -0.3 is 33.3 Å². The minimum absolute atomic E-state index is 0.152. The fourth-order valence-electron chi connectivity index (χ4n) is 8.48. The molecule has 0 aromatic heterocycles. The van der Waals surface area contributed by atoms with E-state index in [0.29, 0.717) is 17.4 Å². The van der Waals surface area contributed by atoms with Crippen LogP contribution >= 0.6 is 0 Å². The van der Waals surface area contributed by atoms with E-state index >= 15 is 0 Å². The van der Waals surface area contributed by atoms with Crippen molar-refractivity contribution >= 4 is 17.9 Å². The van der Waals surface area contributed by atoms with E-state index in [2.05, 4.69) is 13.8 Å². The summed E-state index contributed by atoms with van der Waals surface area (Å²) >= 11 is 0. The first-order valence-electron chi connectivity index (χ1n) is 28.2. The van der Waals surface area contributed by atoms with Crippen LogP contribution in [0.25, 0.3) is 0 Å². The quantitative estimate of drug-likeness (QED) is 0.0257. The predicted octanol–water partition coefficient (Wildman–Crippen LogP) is 14.7. The number of carbonyl (C=O) groups is 3. The molecule has 0 spiro atoms. The maximum absolute atomic E-state index is 12.8. The van der Waals surface area contributed by atoms with E-state index in [1.807, 2.05) is 21.1 Å². The Bertz CT molecular complexity index is 1030. The Hall–Kier alpha value is -1.71. The molecule has 0 amide bonds. The SMILES string of the molecule is CCCCCCCCCCCCCCCCCCCCCCCCCCCCCCCCCCCCC(=O)OC(COC(=O)CCCCCCCC)COC(OCC[N+](C)(C)C)C(=O)[O-]. The summed E-state index contributed by atoms with van der Waals surface area (Å²) in [4.78, 5) is 36.8. The van der Waals surface area contributed by atoms with Crippen molar-refractivity contribution in [2.75, 3.05) is 47.5 Å². The zero-order valence-corrected chi connectivity index (χ0v) is 43.9. The molecule has 0 heterocycles. The molecule has 65 heavy (non-hydrogen) atoms. The van der Waals surface area contributed by atoms with Crippen molar-refractivity contribution in [2.24, 2.45) is 0 Å². The summed E-state index contributed by atoms with van der Waals surface area (Å²) in [5.74, 6) is -2.27. The van der Waals surface area contributed by atoms with Gasteiger partial charge in [0.1, 0.15) is 13.2 Å². The number of ether oxygens (including phenoxy) is 4. The Balaban J connectivity index is 3.83. The van der Waals surface area contributed by atoms with E-state index in [0.717, 1.165) is 44.9 Å². The highest BCUT2D eigenvalue weighted by molar-refractivity contribution is 5.70. The summed E-state index contributed by atoms with van der Waals surface area (Å²) in [6.45, 7) is 4.72. The lowest BCUT2D eigenvalue weighted by Gasteiger charge is -2.26. The zero-order valence-electron chi connectivity index (χ0n) is 43.9. The number of carbonyl (C=O) groups excluding carboxylic acids is 3. The molecule has 0 aliphatic rings. The molecular weight excluding hydrogens is 815 g/mol. The van der Waals surface area contributed by atoms with Crippen LogP contribution in [0.15, 0.2) is 0 Å². The number of rotatable bonds is 53. The van der Waals surface area contributed by atoms with E-state index in [9.17, 15) is 19.5 Å². The van der Waals surface area contributed by atoms with Crippen LogP contribution in [0, 0.1) is 0 Å². The summed E-state index contributed by atoms with van der Waals surface area (Å²) in [5.41, 5.74) is 0. The monoisotopic (exact) mass is 924 g/mol. The van der Waals surface area contributed by atoms with Crippen LogP contribution in [-0.4, -0.2) is 82.3 Å². The van der Waals surface area contributed by atoms with Crippen LogP contribution in [0.2, 0.25) is 0 Å². The minimum atomic E-state index is -1.61. The third-order valence-corrected chi connectivity index (χ3v) is 12.9. The molecule has 0 radical (unpaired) electrons. The summed E-state index contributed by atoms with van der Waals surface area (Å²) in [5, 5.41) is 11.7. The molecule has 0 aromatic carbocycles. The van der Waals surface area contributed by atoms with Crippen molar-refractivity contribution in [3.63, 3.8) is 0 Å². The van der Waals surface area contributed by atoms with E-state index in [1.165, 1.54) is 212 Å². The van der Waals surface area contributed by atoms with E-state index in [-0.39, 0.29) is 32.2 Å².